The van der Waals surface area contributed by atoms with Crippen molar-refractivity contribution in [3.63, 3.8) is 0 Å². The zero-order chi connectivity index (χ0) is 17.1. The van der Waals surface area contributed by atoms with Gasteiger partial charge in [-0.3, -0.25) is 9.59 Å². The van der Waals surface area contributed by atoms with Gasteiger partial charge in [-0.25, -0.2) is 0 Å². The van der Waals surface area contributed by atoms with E-state index in [2.05, 4.69) is 10.3 Å². The zero-order valence-corrected chi connectivity index (χ0v) is 13.4. The van der Waals surface area contributed by atoms with E-state index in [0.29, 0.717) is 30.9 Å². The molecule has 3 rings (SSSR count). The van der Waals surface area contributed by atoms with E-state index in [1.165, 1.54) is 12.3 Å². The maximum atomic E-state index is 12.9. The molecule has 126 valence electrons. The number of nitrogens with one attached hydrogen (secondary N) is 2. The van der Waals surface area contributed by atoms with Crippen LogP contribution >= 0.6 is 0 Å². The van der Waals surface area contributed by atoms with Gasteiger partial charge in [0.05, 0.1) is 18.7 Å². The number of para-hydroxylation sites is 1. The molecule has 1 atom stereocenters. The van der Waals surface area contributed by atoms with E-state index in [4.69, 9.17) is 10.5 Å². The average molecular weight is 328 g/mol. The number of carbonyl (C=O) groups is 2. The van der Waals surface area contributed by atoms with Gasteiger partial charge >= 0.3 is 0 Å². The molecule has 7 nitrogen and oxygen atoms in total. The Hall–Kier alpha value is -2.80. The van der Waals surface area contributed by atoms with E-state index in [1.807, 2.05) is 24.3 Å². The molecule has 0 spiro atoms. The standard InChI is InChI=1S/C17H20N4O3/c1-24-15-5-3-2-4-12(15)14-10-19-6-7-21(14)17(23)13-8-11(9-20-13)16(18)22/h2-5,8-9,14,19-20H,6-7,10H2,1H3,(H2,18,22). The van der Waals surface area contributed by atoms with Gasteiger partial charge in [0.2, 0.25) is 5.91 Å². The molecule has 1 aliphatic heterocycles. The average Bonchev–Trinajstić information content (AvgIpc) is 3.11. The second-order valence-corrected chi connectivity index (χ2v) is 5.63. The Labute approximate surface area is 139 Å². The number of H-pyrrole nitrogens is 1. The van der Waals surface area contributed by atoms with E-state index in [9.17, 15) is 9.59 Å². The summed E-state index contributed by atoms with van der Waals surface area (Å²) in [5, 5.41) is 3.31. The minimum absolute atomic E-state index is 0.150. The molecule has 1 aromatic carbocycles. The molecule has 2 amide bonds. The third-order valence-corrected chi connectivity index (χ3v) is 4.20. The van der Waals surface area contributed by atoms with E-state index < -0.39 is 5.91 Å². The third kappa shape index (κ3) is 2.98. The lowest BCUT2D eigenvalue weighted by Crippen LogP contribution is -2.48. The van der Waals surface area contributed by atoms with Crippen LogP contribution in [0.3, 0.4) is 0 Å². The molecule has 1 aromatic heterocycles. The molecule has 1 fully saturated rings. The molecule has 0 radical (unpaired) electrons. The number of carbonyl (C=O) groups excluding carboxylic acids is 2. The largest absolute Gasteiger partial charge is 0.496 e. The van der Waals surface area contributed by atoms with E-state index >= 15 is 0 Å². The Morgan fingerprint density at radius 2 is 2.12 bits per heavy atom. The first-order valence-electron chi connectivity index (χ1n) is 7.74. The summed E-state index contributed by atoms with van der Waals surface area (Å²) in [6, 6.07) is 9.01. The summed E-state index contributed by atoms with van der Waals surface area (Å²) in [7, 11) is 1.62. The number of methoxy groups -OCH3 is 1. The highest BCUT2D eigenvalue weighted by molar-refractivity contribution is 5.98. The number of primary amides is 1. The van der Waals surface area contributed by atoms with Crippen molar-refractivity contribution in [1.29, 1.82) is 0 Å². The van der Waals surface area contributed by atoms with Crippen molar-refractivity contribution in [2.24, 2.45) is 5.73 Å². The molecule has 7 heteroatoms. The number of amides is 2. The summed E-state index contributed by atoms with van der Waals surface area (Å²) < 4.78 is 5.43. The zero-order valence-electron chi connectivity index (χ0n) is 13.4. The summed E-state index contributed by atoms with van der Waals surface area (Å²) >= 11 is 0. The molecule has 1 aliphatic rings. The quantitative estimate of drug-likeness (QED) is 0.776. The van der Waals surface area contributed by atoms with Gasteiger partial charge in [-0.2, -0.15) is 0 Å². The minimum atomic E-state index is -0.563. The Balaban J connectivity index is 1.91. The van der Waals surface area contributed by atoms with Crippen LogP contribution in [-0.2, 0) is 0 Å². The number of rotatable bonds is 4. The smallest absolute Gasteiger partial charge is 0.270 e. The first kappa shape index (κ1) is 16.1. The van der Waals surface area contributed by atoms with Crippen LogP contribution in [0.25, 0.3) is 0 Å². The first-order chi connectivity index (χ1) is 11.6. The number of piperazine rings is 1. The Morgan fingerprint density at radius 1 is 1.33 bits per heavy atom. The van der Waals surface area contributed by atoms with Crippen molar-refractivity contribution >= 4 is 11.8 Å². The minimum Gasteiger partial charge on any atom is -0.496 e. The first-order valence-corrected chi connectivity index (χ1v) is 7.74. The van der Waals surface area contributed by atoms with Gasteiger partial charge in [-0.15, -0.1) is 0 Å². The Bertz CT molecular complexity index is 756. The van der Waals surface area contributed by atoms with Crippen molar-refractivity contribution in [3.8, 4) is 5.75 Å². The topological polar surface area (TPSA) is 100 Å². The molecule has 1 saturated heterocycles. The number of aromatic amines is 1. The lowest BCUT2D eigenvalue weighted by atomic mass is 10.0. The van der Waals surface area contributed by atoms with Crippen LogP contribution in [0.4, 0.5) is 0 Å². The second kappa shape index (κ2) is 6.76. The summed E-state index contributed by atoms with van der Waals surface area (Å²) in [6.45, 7) is 1.91. The van der Waals surface area contributed by atoms with Crippen LogP contribution < -0.4 is 15.8 Å². The van der Waals surface area contributed by atoms with Crippen LogP contribution in [-0.4, -0.2) is 48.4 Å². The van der Waals surface area contributed by atoms with E-state index in [-0.39, 0.29) is 11.9 Å². The molecule has 4 N–H and O–H groups in total. The summed E-state index contributed by atoms with van der Waals surface area (Å²) in [5.74, 6) is 0.0140. The lowest BCUT2D eigenvalue weighted by molar-refractivity contribution is 0.0626. The fourth-order valence-electron chi connectivity index (χ4n) is 2.98. The number of hydrogen-bond acceptors (Lipinski definition) is 4. The van der Waals surface area contributed by atoms with E-state index in [1.54, 1.807) is 12.0 Å². The highest BCUT2D eigenvalue weighted by Crippen LogP contribution is 2.31. The van der Waals surface area contributed by atoms with Crippen LogP contribution in [0.5, 0.6) is 5.75 Å². The van der Waals surface area contributed by atoms with Crippen molar-refractivity contribution in [1.82, 2.24) is 15.2 Å². The van der Waals surface area contributed by atoms with Gasteiger partial charge in [0, 0.05) is 31.4 Å². The van der Waals surface area contributed by atoms with Gasteiger partial charge in [-0.1, -0.05) is 18.2 Å². The van der Waals surface area contributed by atoms with Crippen molar-refractivity contribution in [2.45, 2.75) is 6.04 Å². The number of nitrogens with two attached hydrogens (primary N) is 1. The van der Waals surface area contributed by atoms with Crippen LogP contribution in [0.1, 0.15) is 32.5 Å². The number of nitrogens with zero attached hydrogens (tertiary/aromatic N) is 1. The number of hydrogen-bond donors (Lipinski definition) is 3. The van der Waals surface area contributed by atoms with Crippen molar-refractivity contribution in [3.05, 3.63) is 53.3 Å². The number of benzene rings is 1. The van der Waals surface area contributed by atoms with Gasteiger partial charge in [-0.05, 0) is 12.1 Å². The summed E-state index contributed by atoms with van der Waals surface area (Å²) in [6.07, 6.45) is 1.45. The van der Waals surface area contributed by atoms with Gasteiger partial charge in [0.15, 0.2) is 0 Å². The molecule has 0 saturated carbocycles. The molecule has 0 aliphatic carbocycles. The SMILES string of the molecule is COc1ccccc1C1CNCCN1C(=O)c1cc(C(N)=O)c[nH]1. The Kier molecular flexibility index (Phi) is 4.52. The third-order valence-electron chi connectivity index (χ3n) is 4.20. The number of aromatic nitrogens is 1. The maximum Gasteiger partial charge on any atom is 0.270 e. The molecular weight excluding hydrogens is 308 g/mol. The second-order valence-electron chi connectivity index (χ2n) is 5.63. The monoisotopic (exact) mass is 328 g/mol. The molecular formula is C17H20N4O3. The molecule has 24 heavy (non-hydrogen) atoms. The predicted molar refractivity (Wildman–Crippen MR) is 89.0 cm³/mol. The summed E-state index contributed by atoms with van der Waals surface area (Å²) in [4.78, 5) is 28.8. The van der Waals surface area contributed by atoms with Crippen LogP contribution in [0, 0.1) is 0 Å². The molecule has 0 bridgehead atoms. The van der Waals surface area contributed by atoms with Gasteiger partial charge in [0.1, 0.15) is 11.4 Å². The fourth-order valence-corrected chi connectivity index (χ4v) is 2.98. The molecule has 2 heterocycles. The highest BCUT2D eigenvalue weighted by atomic mass is 16.5. The lowest BCUT2D eigenvalue weighted by Gasteiger charge is -2.36. The number of ether oxygens (including phenoxy) is 1. The van der Waals surface area contributed by atoms with Crippen molar-refractivity contribution in [2.75, 3.05) is 26.7 Å². The molecule has 1 unspecified atom stereocenters. The van der Waals surface area contributed by atoms with Gasteiger partial charge < -0.3 is 25.7 Å². The van der Waals surface area contributed by atoms with E-state index in [0.717, 1.165) is 11.3 Å². The fraction of sp³-hybridized carbons (Fsp3) is 0.294. The van der Waals surface area contributed by atoms with Crippen LogP contribution in [0.15, 0.2) is 36.5 Å². The maximum absolute atomic E-state index is 12.9. The highest BCUT2D eigenvalue weighted by Gasteiger charge is 2.31. The molecule has 2 aromatic rings. The van der Waals surface area contributed by atoms with Crippen molar-refractivity contribution < 1.29 is 14.3 Å². The Morgan fingerprint density at radius 3 is 2.83 bits per heavy atom. The normalized spacial score (nSPS) is 17.5. The predicted octanol–water partition coefficient (Wildman–Crippen LogP) is 0.909. The summed E-state index contributed by atoms with van der Waals surface area (Å²) in [5.41, 5.74) is 6.84. The van der Waals surface area contributed by atoms with Gasteiger partial charge in [0.25, 0.3) is 5.91 Å². The van der Waals surface area contributed by atoms with Crippen LogP contribution in [0.2, 0.25) is 0 Å².